The third-order valence-corrected chi connectivity index (χ3v) is 6.69. The first-order chi connectivity index (χ1) is 18.0. The summed E-state index contributed by atoms with van der Waals surface area (Å²) in [6.07, 6.45) is 4.76. The van der Waals surface area contributed by atoms with Gasteiger partial charge in [0, 0.05) is 33.6 Å². The summed E-state index contributed by atoms with van der Waals surface area (Å²) in [4.78, 5) is 8.53. The molecule has 1 heterocycles. The average Bonchev–Trinajstić information content (AvgIpc) is 2.93. The van der Waals surface area contributed by atoms with E-state index in [1.54, 1.807) is 54.9 Å². The fourth-order valence-electron chi connectivity index (χ4n) is 4.37. The second kappa shape index (κ2) is 10.8. The fourth-order valence-corrected chi connectivity index (χ4v) is 4.76. The minimum absolute atomic E-state index is 0.381. The van der Waals surface area contributed by atoms with Gasteiger partial charge in [-0.1, -0.05) is 77.8 Å². The van der Waals surface area contributed by atoms with E-state index in [9.17, 15) is 8.78 Å². The maximum absolute atomic E-state index is 13.9. The molecule has 0 aliphatic rings. The molecule has 1 unspecified atom stereocenters. The average molecular weight is 531 g/mol. The van der Waals surface area contributed by atoms with Crippen LogP contribution < -0.4 is 10.9 Å². The van der Waals surface area contributed by atoms with Crippen LogP contribution in [-0.2, 0) is 10.3 Å². The Balaban J connectivity index is 1.81. The summed E-state index contributed by atoms with van der Waals surface area (Å²) in [6, 6.07) is 26.6. The van der Waals surface area contributed by atoms with E-state index in [0.717, 1.165) is 0 Å². The van der Waals surface area contributed by atoms with Crippen molar-refractivity contribution in [3.05, 3.63) is 154 Å². The van der Waals surface area contributed by atoms with E-state index >= 15 is 0 Å². The molecule has 0 aliphatic carbocycles. The number of nitrogens with zero attached hydrogens (tertiary/aromatic N) is 2. The van der Waals surface area contributed by atoms with Gasteiger partial charge >= 0.3 is 6.92 Å². The van der Waals surface area contributed by atoms with Crippen LogP contribution in [0.5, 0.6) is 0 Å². The third kappa shape index (κ3) is 5.14. The van der Waals surface area contributed by atoms with Crippen LogP contribution in [0.15, 0.2) is 116 Å². The summed E-state index contributed by atoms with van der Waals surface area (Å²) in [5.74, 6) is -0.763. The fraction of sp³-hybridized carbons (Fsp3) is 0.0345. The van der Waals surface area contributed by atoms with Crippen molar-refractivity contribution in [3.63, 3.8) is 0 Å². The summed E-state index contributed by atoms with van der Waals surface area (Å²) in [5, 5.41) is 1.01. The van der Waals surface area contributed by atoms with Gasteiger partial charge < -0.3 is 4.65 Å². The molecule has 182 valence electrons. The van der Waals surface area contributed by atoms with E-state index in [2.05, 4.69) is 9.97 Å². The SMILES string of the molecule is Fc1ccc(B(OC(c2ccc(Cl)cc2)(c2cncnc2)c2ccccc2Cl)c2ccc(F)cc2)cc1. The van der Waals surface area contributed by atoms with Gasteiger partial charge in [0.2, 0.25) is 0 Å². The Morgan fingerprint density at radius 3 is 1.73 bits per heavy atom. The maximum atomic E-state index is 13.9. The van der Waals surface area contributed by atoms with Gasteiger partial charge in [0.1, 0.15) is 23.6 Å². The van der Waals surface area contributed by atoms with E-state index < -0.39 is 12.5 Å². The molecule has 1 aromatic heterocycles. The Hall–Kier alpha value is -3.58. The zero-order valence-electron chi connectivity index (χ0n) is 19.4. The number of rotatable bonds is 7. The third-order valence-electron chi connectivity index (χ3n) is 6.11. The second-order valence-electron chi connectivity index (χ2n) is 8.40. The molecule has 8 heteroatoms. The van der Waals surface area contributed by atoms with Crippen LogP contribution in [0.25, 0.3) is 0 Å². The van der Waals surface area contributed by atoms with Crippen LogP contribution in [0.3, 0.4) is 0 Å². The zero-order valence-corrected chi connectivity index (χ0v) is 20.9. The molecule has 0 spiro atoms. The largest absolute Gasteiger partial charge is 0.409 e. The van der Waals surface area contributed by atoms with E-state index in [1.807, 2.05) is 30.3 Å². The standard InChI is InChI=1S/C29H19BCl2F2N2O/c31-24-11-5-20(6-12-24)29(21-17-35-19-36-18-21,27-3-1-2-4-28(27)32)37-30(22-7-13-25(33)14-8-22)23-9-15-26(34)16-10-23/h1-19H. The number of aromatic nitrogens is 2. The molecule has 0 N–H and O–H groups in total. The van der Waals surface area contributed by atoms with Gasteiger partial charge in [0.05, 0.1) is 0 Å². The van der Waals surface area contributed by atoms with Gasteiger partial charge in [-0.05, 0) is 59.0 Å². The molecule has 0 radical (unpaired) electrons. The molecular weight excluding hydrogens is 512 g/mol. The lowest BCUT2D eigenvalue weighted by molar-refractivity contribution is 0.161. The Labute approximate surface area is 223 Å². The second-order valence-corrected chi connectivity index (χ2v) is 9.24. The summed E-state index contributed by atoms with van der Waals surface area (Å²) >= 11 is 13.1. The van der Waals surface area contributed by atoms with Gasteiger partial charge in [-0.25, -0.2) is 18.7 Å². The van der Waals surface area contributed by atoms with E-state index in [1.165, 1.54) is 30.6 Å². The molecule has 0 fully saturated rings. The van der Waals surface area contributed by atoms with E-state index in [-0.39, 0.29) is 11.6 Å². The molecule has 37 heavy (non-hydrogen) atoms. The first kappa shape index (κ1) is 25.1. The van der Waals surface area contributed by atoms with E-state index in [4.69, 9.17) is 27.9 Å². The highest BCUT2D eigenvalue weighted by Crippen LogP contribution is 2.43. The molecule has 0 saturated carbocycles. The Morgan fingerprint density at radius 2 is 1.19 bits per heavy atom. The monoisotopic (exact) mass is 530 g/mol. The molecule has 3 nitrogen and oxygen atoms in total. The number of hydrogen-bond donors (Lipinski definition) is 0. The lowest BCUT2D eigenvalue weighted by Crippen LogP contribution is -2.51. The van der Waals surface area contributed by atoms with Gasteiger partial charge in [-0.3, -0.25) is 0 Å². The molecule has 0 amide bonds. The first-order valence-electron chi connectivity index (χ1n) is 11.4. The minimum Gasteiger partial charge on any atom is -0.409 e. The lowest BCUT2D eigenvalue weighted by Gasteiger charge is -2.39. The van der Waals surface area contributed by atoms with Gasteiger partial charge in [-0.2, -0.15) is 0 Å². The lowest BCUT2D eigenvalue weighted by atomic mass is 9.54. The molecular formula is C29H19BCl2F2N2O. The quantitative estimate of drug-likeness (QED) is 0.236. The van der Waals surface area contributed by atoms with Crippen LogP contribution >= 0.6 is 23.2 Å². The number of benzene rings is 4. The topological polar surface area (TPSA) is 35.0 Å². The normalized spacial score (nSPS) is 12.6. The number of halogens is 4. The van der Waals surface area contributed by atoms with Crippen molar-refractivity contribution in [2.45, 2.75) is 5.60 Å². The van der Waals surface area contributed by atoms with Crippen LogP contribution in [-0.4, -0.2) is 16.9 Å². The van der Waals surface area contributed by atoms with Gasteiger partial charge in [0.25, 0.3) is 0 Å². The summed E-state index contributed by atoms with van der Waals surface area (Å²) in [5.41, 5.74) is 1.97. The minimum atomic E-state index is -1.32. The predicted octanol–water partition coefficient (Wildman–Crippen LogP) is 6.18. The molecule has 4 aromatic carbocycles. The Morgan fingerprint density at radius 1 is 0.649 bits per heavy atom. The van der Waals surface area contributed by atoms with Crippen molar-refractivity contribution in [1.82, 2.24) is 9.97 Å². The van der Waals surface area contributed by atoms with E-state index in [0.29, 0.717) is 37.7 Å². The summed E-state index contributed by atoms with van der Waals surface area (Å²) in [6.45, 7) is -0.756. The molecule has 0 bridgehead atoms. The first-order valence-corrected chi connectivity index (χ1v) is 12.2. The van der Waals surface area contributed by atoms with Gasteiger partial charge in [0.15, 0.2) is 0 Å². The Bertz CT molecular complexity index is 1440. The highest BCUT2D eigenvalue weighted by atomic mass is 35.5. The van der Waals surface area contributed by atoms with Crippen molar-refractivity contribution in [3.8, 4) is 0 Å². The summed E-state index contributed by atoms with van der Waals surface area (Å²) < 4.78 is 34.9. The zero-order chi connectivity index (χ0) is 25.8. The highest BCUT2D eigenvalue weighted by molar-refractivity contribution is 6.80. The van der Waals surface area contributed by atoms with Crippen LogP contribution in [0.4, 0.5) is 8.78 Å². The highest BCUT2D eigenvalue weighted by Gasteiger charge is 2.43. The maximum Gasteiger partial charge on any atom is 0.362 e. The Kier molecular flexibility index (Phi) is 7.33. The molecule has 1 atom stereocenters. The molecule has 0 saturated heterocycles. The smallest absolute Gasteiger partial charge is 0.362 e. The van der Waals surface area contributed by atoms with Crippen LogP contribution in [0, 0.1) is 11.6 Å². The van der Waals surface area contributed by atoms with Crippen molar-refractivity contribution in [1.29, 1.82) is 0 Å². The van der Waals surface area contributed by atoms with Crippen molar-refractivity contribution in [2.75, 3.05) is 0 Å². The molecule has 5 rings (SSSR count). The van der Waals surface area contributed by atoms with Gasteiger partial charge in [-0.15, -0.1) is 0 Å². The number of hydrogen-bond acceptors (Lipinski definition) is 3. The van der Waals surface area contributed by atoms with Crippen molar-refractivity contribution in [2.24, 2.45) is 0 Å². The molecule has 0 aliphatic heterocycles. The summed E-state index contributed by atoms with van der Waals surface area (Å²) in [7, 11) is 0. The van der Waals surface area contributed by atoms with Crippen molar-refractivity contribution < 1.29 is 13.4 Å². The molecule has 5 aromatic rings. The van der Waals surface area contributed by atoms with Crippen LogP contribution in [0.2, 0.25) is 10.0 Å². The van der Waals surface area contributed by atoms with Crippen LogP contribution in [0.1, 0.15) is 16.7 Å². The van der Waals surface area contributed by atoms with Crippen molar-refractivity contribution >= 4 is 41.0 Å². The predicted molar refractivity (Wildman–Crippen MR) is 144 cm³/mol.